The van der Waals surface area contributed by atoms with Crippen molar-refractivity contribution in [2.45, 2.75) is 11.5 Å². The number of oxazole rings is 1. The van der Waals surface area contributed by atoms with Crippen LogP contribution in [0.3, 0.4) is 0 Å². The number of thioether (sulfide) groups is 2. The van der Waals surface area contributed by atoms with Gasteiger partial charge in [-0.05, 0) is 24.3 Å². The molecule has 1 aliphatic rings. The highest BCUT2D eigenvalue weighted by Gasteiger charge is 2.21. The second kappa shape index (κ2) is 7.63. The summed E-state index contributed by atoms with van der Waals surface area (Å²) in [5, 5.41) is 2.85. The van der Waals surface area contributed by atoms with E-state index < -0.39 is 0 Å². The summed E-state index contributed by atoms with van der Waals surface area (Å²) in [6.07, 6.45) is 0. The average molecular weight is 386 g/mol. The van der Waals surface area contributed by atoms with Crippen molar-refractivity contribution >= 4 is 46.2 Å². The quantitative estimate of drug-likeness (QED) is 0.690. The van der Waals surface area contributed by atoms with Gasteiger partial charge in [-0.1, -0.05) is 18.2 Å². The third-order valence-electron chi connectivity index (χ3n) is 3.93. The number of ether oxygens (including phenoxy) is 1. The normalized spacial score (nSPS) is 14.7. The van der Waals surface area contributed by atoms with Gasteiger partial charge in [-0.25, -0.2) is 4.98 Å². The summed E-state index contributed by atoms with van der Waals surface area (Å²) in [6, 6.07) is 13.3. The molecule has 0 saturated carbocycles. The van der Waals surface area contributed by atoms with Gasteiger partial charge in [0.1, 0.15) is 11.3 Å². The van der Waals surface area contributed by atoms with Gasteiger partial charge in [-0.3, -0.25) is 4.79 Å². The number of hydrogen-bond donors (Lipinski definition) is 1. The van der Waals surface area contributed by atoms with Crippen LogP contribution < -0.4 is 10.1 Å². The number of rotatable bonds is 5. The molecule has 0 bridgehead atoms. The summed E-state index contributed by atoms with van der Waals surface area (Å²) in [4.78, 5) is 16.5. The van der Waals surface area contributed by atoms with Crippen molar-refractivity contribution in [3.8, 4) is 5.75 Å². The molecule has 4 rings (SSSR count). The topological polar surface area (TPSA) is 64.4 Å². The summed E-state index contributed by atoms with van der Waals surface area (Å²) in [5.74, 6) is 3.47. The van der Waals surface area contributed by atoms with Crippen LogP contribution >= 0.6 is 23.5 Å². The van der Waals surface area contributed by atoms with Crippen LogP contribution in [0.5, 0.6) is 5.75 Å². The van der Waals surface area contributed by atoms with Crippen LogP contribution in [-0.4, -0.2) is 29.0 Å². The Morgan fingerprint density at radius 1 is 1.27 bits per heavy atom. The number of hydrogen-bond acceptors (Lipinski definition) is 6. The number of fused-ring (bicyclic) bond motifs is 1. The second-order valence-electron chi connectivity index (χ2n) is 5.86. The maximum absolute atomic E-state index is 12.3. The number of aromatic nitrogens is 1. The molecule has 1 amide bonds. The summed E-state index contributed by atoms with van der Waals surface area (Å²) in [7, 11) is 0. The van der Waals surface area contributed by atoms with Crippen molar-refractivity contribution in [3.63, 3.8) is 0 Å². The van der Waals surface area contributed by atoms with Gasteiger partial charge in [0, 0.05) is 29.7 Å². The zero-order valence-electron chi connectivity index (χ0n) is 14.2. The summed E-state index contributed by atoms with van der Waals surface area (Å²) in [6.45, 7) is 1.76. The maximum Gasteiger partial charge on any atom is 0.262 e. The molecule has 1 fully saturated rings. The molecular weight excluding hydrogens is 368 g/mol. The van der Waals surface area contributed by atoms with Crippen molar-refractivity contribution in [1.29, 1.82) is 0 Å². The molecule has 26 heavy (non-hydrogen) atoms. The largest absolute Gasteiger partial charge is 0.483 e. The molecule has 1 aliphatic heterocycles. The number of carbonyl (C=O) groups is 1. The van der Waals surface area contributed by atoms with Gasteiger partial charge in [0.2, 0.25) is 0 Å². The van der Waals surface area contributed by atoms with E-state index in [1.807, 2.05) is 41.7 Å². The first-order chi connectivity index (χ1) is 12.7. The third kappa shape index (κ3) is 3.83. The van der Waals surface area contributed by atoms with Crippen molar-refractivity contribution in [2.24, 2.45) is 0 Å². The van der Waals surface area contributed by atoms with Gasteiger partial charge in [-0.15, -0.1) is 23.5 Å². The highest BCUT2D eigenvalue weighted by atomic mass is 32.2. The van der Waals surface area contributed by atoms with Crippen LogP contribution in [0.15, 0.2) is 46.9 Å². The van der Waals surface area contributed by atoms with Gasteiger partial charge in [-0.2, -0.15) is 0 Å². The molecule has 2 aromatic carbocycles. The second-order valence-corrected chi connectivity index (χ2v) is 8.59. The molecule has 5 nitrogen and oxygen atoms in total. The Labute approximate surface area is 159 Å². The minimum atomic E-state index is -0.203. The molecule has 0 aliphatic carbocycles. The summed E-state index contributed by atoms with van der Waals surface area (Å²) in [5.41, 5.74) is 3.25. The Balaban J connectivity index is 1.40. The fourth-order valence-corrected chi connectivity index (χ4v) is 5.71. The number of aryl methyl sites for hydroxylation is 1. The lowest BCUT2D eigenvalue weighted by Gasteiger charge is -2.15. The number of benzene rings is 2. The van der Waals surface area contributed by atoms with Gasteiger partial charge in [0.25, 0.3) is 5.91 Å². The zero-order valence-corrected chi connectivity index (χ0v) is 15.9. The molecule has 1 saturated heterocycles. The van der Waals surface area contributed by atoms with Gasteiger partial charge in [0.15, 0.2) is 18.1 Å². The maximum atomic E-state index is 12.3. The summed E-state index contributed by atoms with van der Waals surface area (Å²) >= 11 is 3.83. The molecule has 0 unspecified atom stereocenters. The van der Waals surface area contributed by atoms with E-state index in [2.05, 4.69) is 16.4 Å². The number of para-hydroxylation sites is 1. The summed E-state index contributed by atoms with van der Waals surface area (Å²) < 4.78 is 11.6. The van der Waals surface area contributed by atoms with Crippen LogP contribution in [0.4, 0.5) is 5.69 Å². The molecule has 0 atom stereocenters. The first-order valence-corrected chi connectivity index (χ1v) is 10.4. The zero-order chi connectivity index (χ0) is 17.9. The molecular formula is C19H18N2O3S2. The Morgan fingerprint density at radius 2 is 2.08 bits per heavy atom. The van der Waals surface area contributed by atoms with E-state index in [-0.39, 0.29) is 12.5 Å². The molecule has 0 spiro atoms. The average Bonchev–Trinajstić information content (AvgIpc) is 3.28. The minimum absolute atomic E-state index is 0.0328. The highest BCUT2D eigenvalue weighted by molar-refractivity contribution is 8.19. The molecule has 1 N–H and O–H groups in total. The Hall–Kier alpha value is -2.12. The molecule has 7 heteroatoms. The van der Waals surface area contributed by atoms with Crippen molar-refractivity contribution < 1.29 is 13.9 Å². The first-order valence-electron chi connectivity index (χ1n) is 8.31. The standard InChI is InChI=1S/C19H18N2O3S2/c1-12-20-15-10-13(6-7-17(15)24-12)21-18(22)11-23-16-5-3-2-4-14(16)19-25-8-9-26-19/h2-7,10,19H,8-9,11H2,1H3,(H,21,22). The number of nitrogens with one attached hydrogen (secondary N) is 1. The Kier molecular flexibility index (Phi) is 5.08. The lowest BCUT2D eigenvalue weighted by atomic mass is 10.2. The SMILES string of the molecule is Cc1nc2cc(NC(=O)COc3ccccc3C3SCCS3)ccc2o1. The monoisotopic (exact) mass is 386 g/mol. The predicted molar refractivity (Wildman–Crippen MR) is 107 cm³/mol. The van der Waals surface area contributed by atoms with Gasteiger partial charge in [0.05, 0.1) is 4.58 Å². The predicted octanol–water partition coefficient (Wildman–Crippen LogP) is 4.63. The lowest BCUT2D eigenvalue weighted by molar-refractivity contribution is -0.118. The van der Waals surface area contributed by atoms with Crippen LogP contribution in [-0.2, 0) is 4.79 Å². The first kappa shape index (κ1) is 17.3. The van der Waals surface area contributed by atoms with E-state index in [0.29, 0.717) is 21.7 Å². The number of anilines is 1. The van der Waals surface area contributed by atoms with Crippen molar-refractivity contribution in [1.82, 2.24) is 4.98 Å². The van der Waals surface area contributed by atoms with Gasteiger partial charge < -0.3 is 14.5 Å². The third-order valence-corrected chi connectivity index (χ3v) is 7.00. The number of nitrogens with zero attached hydrogens (tertiary/aromatic N) is 1. The van der Waals surface area contributed by atoms with Crippen molar-refractivity contribution in [2.75, 3.05) is 23.4 Å². The molecule has 2 heterocycles. The van der Waals surface area contributed by atoms with E-state index in [9.17, 15) is 4.79 Å². The van der Waals surface area contributed by atoms with E-state index >= 15 is 0 Å². The van der Waals surface area contributed by atoms with E-state index in [0.717, 1.165) is 28.3 Å². The Bertz CT molecular complexity index is 935. The molecule has 0 radical (unpaired) electrons. The lowest BCUT2D eigenvalue weighted by Crippen LogP contribution is -2.20. The van der Waals surface area contributed by atoms with Crippen LogP contribution in [0.1, 0.15) is 16.0 Å². The molecule has 134 valence electrons. The molecule has 3 aromatic rings. The number of amides is 1. The fraction of sp³-hybridized carbons (Fsp3) is 0.263. The van der Waals surface area contributed by atoms with Crippen LogP contribution in [0.25, 0.3) is 11.1 Å². The van der Waals surface area contributed by atoms with E-state index in [1.54, 1.807) is 25.1 Å². The molecule has 1 aromatic heterocycles. The minimum Gasteiger partial charge on any atom is -0.483 e. The van der Waals surface area contributed by atoms with Crippen molar-refractivity contribution in [3.05, 3.63) is 53.9 Å². The van der Waals surface area contributed by atoms with Crippen LogP contribution in [0, 0.1) is 6.92 Å². The van der Waals surface area contributed by atoms with E-state index in [4.69, 9.17) is 9.15 Å². The Morgan fingerprint density at radius 3 is 2.92 bits per heavy atom. The van der Waals surface area contributed by atoms with E-state index in [1.165, 1.54) is 0 Å². The smallest absolute Gasteiger partial charge is 0.262 e. The van der Waals surface area contributed by atoms with Crippen LogP contribution in [0.2, 0.25) is 0 Å². The highest BCUT2D eigenvalue weighted by Crippen LogP contribution is 2.48. The number of carbonyl (C=O) groups excluding carboxylic acids is 1. The van der Waals surface area contributed by atoms with Gasteiger partial charge >= 0.3 is 0 Å². The fourth-order valence-electron chi connectivity index (χ4n) is 2.81.